The summed E-state index contributed by atoms with van der Waals surface area (Å²) in [5.41, 5.74) is 1.46. The van der Waals surface area contributed by atoms with Gasteiger partial charge >= 0.3 is 0 Å². The maximum atomic E-state index is 11.6. The van der Waals surface area contributed by atoms with Crippen molar-refractivity contribution in [2.45, 2.75) is 6.42 Å². The molecule has 0 fully saturated rings. The highest BCUT2D eigenvalue weighted by atomic mass is 32.1. The van der Waals surface area contributed by atoms with Gasteiger partial charge in [0.15, 0.2) is 5.78 Å². The van der Waals surface area contributed by atoms with Gasteiger partial charge in [0.1, 0.15) is 0 Å². The maximum Gasteiger partial charge on any atom is 0.169 e. The van der Waals surface area contributed by atoms with E-state index in [9.17, 15) is 4.79 Å². The van der Waals surface area contributed by atoms with E-state index in [1.165, 1.54) is 16.1 Å². The lowest BCUT2D eigenvalue weighted by atomic mass is 10.1. The highest BCUT2D eigenvalue weighted by Gasteiger charge is 2.09. The van der Waals surface area contributed by atoms with E-state index in [0.717, 1.165) is 5.56 Å². The summed E-state index contributed by atoms with van der Waals surface area (Å²) in [7, 11) is 1.73. The predicted octanol–water partition coefficient (Wildman–Crippen LogP) is 1.30. The molecular formula is C9H9N3OS. The Labute approximate surface area is 85.2 Å². The van der Waals surface area contributed by atoms with Gasteiger partial charge in [-0.2, -0.15) is 26.3 Å². The minimum atomic E-state index is 0.0896. The highest BCUT2D eigenvalue weighted by molar-refractivity contribution is 7.08. The fourth-order valence-corrected chi connectivity index (χ4v) is 1.82. The summed E-state index contributed by atoms with van der Waals surface area (Å²) >= 11 is 1.52. The largest absolute Gasteiger partial charge is 0.294 e. The van der Waals surface area contributed by atoms with Gasteiger partial charge in [0, 0.05) is 18.0 Å². The van der Waals surface area contributed by atoms with Crippen LogP contribution >= 0.6 is 11.3 Å². The molecule has 0 radical (unpaired) electrons. The summed E-state index contributed by atoms with van der Waals surface area (Å²) in [4.78, 5) is 13.1. The molecule has 0 atom stereocenters. The van der Waals surface area contributed by atoms with Crippen molar-refractivity contribution in [2.24, 2.45) is 7.05 Å². The van der Waals surface area contributed by atoms with E-state index in [1.54, 1.807) is 13.2 Å². The van der Waals surface area contributed by atoms with E-state index in [0.29, 0.717) is 12.1 Å². The van der Waals surface area contributed by atoms with Crippen LogP contribution in [0, 0.1) is 0 Å². The summed E-state index contributed by atoms with van der Waals surface area (Å²) in [6, 6.07) is 1.82. The first kappa shape index (κ1) is 9.08. The van der Waals surface area contributed by atoms with E-state index in [2.05, 4.69) is 10.2 Å². The Hall–Kier alpha value is -1.49. The second kappa shape index (κ2) is 3.71. The number of ketones is 1. The highest BCUT2D eigenvalue weighted by Crippen LogP contribution is 2.09. The number of aryl methyl sites for hydroxylation is 1. The SMILES string of the molecule is Cn1ncc(CC(=O)c2ccsc2)n1. The molecule has 0 saturated carbocycles. The van der Waals surface area contributed by atoms with Crippen molar-refractivity contribution in [1.82, 2.24) is 15.0 Å². The molecule has 2 heterocycles. The molecule has 72 valence electrons. The van der Waals surface area contributed by atoms with E-state index in [-0.39, 0.29) is 5.78 Å². The molecular weight excluding hydrogens is 198 g/mol. The number of aromatic nitrogens is 3. The van der Waals surface area contributed by atoms with Gasteiger partial charge in [0.25, 0.3) is 0 Å². The molecule has 2 aromatic rings. The molecule has 0 saturated heterocycles. The number of rotatable bonds is 3. The van der Waals surface area contributed by atoms with Crippen LogP contribution in [0.2, 0.25) is 0 Å². The first-order chi connectivity index (χ1) is 6.75. The lowest BCUT2D eigenvalue weighted by molar-refractivity contribution is 0.0992. The van der Waals surface area contributed by atoms with Crippen molar-refractivity contribution >= 4 is 17.1 Å². The maximum absolute atomic E-state index is 11.6. The minimum absolute atomic E-state index is 0.0896. The number of carbonyl (C=O) groups excluding carboxylic acids is 1. The van der Waals surface area contributed by atoms with Gasteiger partial charge in [-0.3, -0.25) is 4.79 Å². The predicted molar refractivity (Wildman–Crippen MR) is 53.4 cm³/mol. The quantitative estimate of drug-likeness (QED) is 0.713. The van der Waals surface area contributed by atoms with Crippen molar-refractivity contribution in [1.29, 1.82) is 0 Å². The van der Waals surface area contributed by atoms with Crippen molar-refractivity contribution in [2.75, 3.05) is 0 Å². The molecule has 14 heavy (non-hydrogen) atoms. The number of nitrogens with zero attached hydrogens (tertiary/aromatic N) is 3. The van der Waals surface area contributed by atoms with Crippen LogP contribution in [0.3, 0.4) is 0 Å². The van der Waals surface area contributed by atoms with Gasteiger partial charge in [0.05, 0.1) is 18.3 Å². The molecule has 0 aromatic carbocycles. The van der Waals surface area contributed by atoms with Gasteiger partial charge < -0.3 is 0 Å². The molecule has 5 heteroatoms. The second-order valence-electron chi connectivity index (χ2n) is 2.94. The number of Topliss-reactive ketones (excluding diaryl/α,β-unsaturated/α-hetero) is 1. The van der Waals surface area contributed by atoms with Crippen LogP contribution in [-0.2, 0) is 13.5 Å². The third-order valence-electron chi connectivity index (χ3n) is 1.83. The average Bonchev–Trinajstić information content (AvgIpc) is 2.75. The van der Waals surface area contributed by atoms with Crippen LogP contribution in [0.15, 0.2) is 23.0 Å². The van der Waals surface area contributed by atoms with E-state index in [4.69, 9.17) is 0 Å². The number of hydrogen-bond donors (Lipinski definition) is 0. The van der Waals surface area contributed by atoms with Crippen LogP contribution < -0.4 is 0 Å². The molecule has 2 aromatic heterocycles. The Bertz CT molecular complexity index is 433. The normalized spacial score (nSPS) is 10.4. The molecule has 0 spiro atoms. The van der Waals surface area contributed by atoms with Crippen molar-refractivity contribution < 1.29 is 4.79 Å². The van der Waals surface area contributed by atoms with Gasteiger partial charge in [-0.15, -0.1) is 0 Å². The lowest BCUT2D eigenvalue weighted by Gasteiger charge is -1.92. The van der Waals surface area contributed by atoms with Crippen LogP contribution in [0.5, 0.6) is 0 Å². The Morgan fingerprint density at radius 2 is 2.50 bits per heavy atom. The number of carbonyl (C=O) groups is 1. The Balaban J connectivity index is 2.09. The summed E-state index contributed by atoms with van der Waals surface area (Å²) in [6.45, 7) is 0. The monoisotopic (exact) mass is 207 g/mol. The van der Waals surface area contributed by atoms with Gasteiger partial charge in [-0.05, 0) is 11.4 Å². The van der Waals surface area contributed by atoms with Crippen LogP contribution in [0.25, 0.3) is 0 Å². The number of hydrogen-bond acceptors (Lipinski definition) is 4. The molecule has 0 N–H and O–H groups in total. The molecule has 0 bridgehead atoms. The zero-order valence-electron chi connectivity index (χ0n) is 7.67. The van der Waals surface area contributed by atoms with Gasteiger partial charge in [0.2, 0.25) is 0 Å². The smallest absolute Gasteiger partial charge is 0.169 e. The van der Waals surface area contributed by atoms with Crippen molar-refractivity contribution in [3.8, 4) is 0 Å². The van der Waals surface area contributed by atoms with Crippen LogP contribution in [0.4, 0.5) is 0 Å². The third kappa shape index (κ3) is 1.88. The molecule has 0 unspecified atom stereocenters. The van der Waals surface area contributed by atoms with E-state index < -0.39 is 0 Å². The lowest BCUT2D eigenvalue weighted by Crippen LogP contribution is -2.03. The minimum Gasteiger partial charge on any atom is -0.294 e. The Morgan fingerprint density at radius 1 is 1.64 bits per heavy atom. The van der Waals surface area contributed by atoms with Crippen LogP contribution in [0.1, 0.15) is 16.1 Å². The fourth-order valence-electron chi connectivity index (χ4n) is 1.16. The fraction of sp³-hybridized carbons (Fsp3) is 0.222. The summed E-state index contributed by atoms with van der Waals surface area (Å²) in [6.07, 6.45) is 1.94. The van der Waals surface area contributed by atoms with Gasteiger partial charge in [-0.25, -0.2) is 0 Å². The zero-order chi connectivity index (χ0) is 9.97. The molecule has 0 amide bonds. The summed E-state index contributed by atoms with van der Waals surface area (Å²) in [5.74, 6) is 0.0896. The van der Waals surface area contributed by atoms with Crippen LogP contribution in [-0.4, -0.2) is 20.8 Å². The average molecular weight is 207 g/mol. The summed E-state index contributed by atoms with van der Waals surface area (Å²) < 4.78 is 0. The zero-order valence-corrected chi connectivity index (χ0v) is 8.49. The number of thiophene rings is 1. The molecule has 4 nitrogen and oxygen atoms in total. The third-order valence-corrected chi connectivity index (χ3v) is 2.52. The van der Waals surface area contributed by atoms with Gasteiger partial charge in [-0.1, -0.05) is 0 Å². The van der Waals surface area contributed by atoms with E-state index >= 15 is 0 Å². The molecule has 0 aliphatic heterocycles. The Kier molecular flexibility index (Phi) is 2.41. The summed E-state index contributed by atoms with van der Waals surface area (Å²) in [5, 5.41) is 11.7. The Morgan fingerprint density at radius 3 is 3.07 bits per heavy atom. The van der Waals surface area contributed by atoms with Crippen molar-refractivity contribution in [3.05, 3.63) is 34.3 Å². The molecule has 0 aliphatic carbocycles. The first-order valence-electron chi connectivity index (χ1n) is 4.16. The van der Waals surface area contributed by atoms with E-state index in [1.807, 2.05) is 16.8 Å². The molecule has 0 aliphatic rings. The second-order valence-corrected chi connectivity index (χ2v) is 3.72. The topological polar surface area (TPSA) is 47.8 Å². The first-order valence-corrected chi connectivity index (χ1v) is 5.10. The molecule has 2 rings (SSSR count). The van der Waals surface area contributed by atoms with Crippen molar-refractivity contribution in [3.63, 3.8) is 0 Å². The standard InChI is InChI=1S/C9H9N3OS/c1-12-10-5-8(11-12)4-9(13)7-2-3-14-6-7/h2-3,5-6H,4H2,1H3.